The van der Waals surface area contributed by atoms with Crippen molar-refractivity contribution in [1.29, 1.82) is 0 Å². The highest BCUT2D eigenvalue weighted by molar-refractivity contribution is 5.92. The van der Waals surface area contributed by atoms with Crippen molar-refractivity contribution in [3.05, 3.63) is 71.7 Å². The van der Waals surface area contributed by atoms with Gasteiger partial charge in [0.05, 0.1) is 5.52 Å². The number of nitrogens with zero attached hydrogens (tertiary/aromatic N) is 1. The average molecular weight is 268 g/mol. The Hall–Kier alpha value is -2.62. The summed E-state index contributed by atoms with van der Waals surface area (Å²) in [4.78, 5) is 11.0. The minimum atomic E-state index is -0.440. The predicted octanol–water partition coefficient (Wildman–Crippen LogP) is 2.93. The third-order valence-electron chi connectivity index (χ3n) is 3.35. The Balaban J connectivity index is 1.93. The summed E-state index contributed by atoms with van der Waals surface area (Å²) in [5.41, 5.74) is 7.56. The van der Waals surface area contributed by atoms with E-state index in [1.807, 2.05) is 29.0 Å². The van der Waals surface area contributed by atoms with Gasteiger partial charge in [-0.2, -0.15) is 0 Å². The normalized spacial score (nSPS) is 10.8. The van der Waals surface area contributed by atoms with Crippen molar-refractivity contribution in [2.45, 2.75) is 6.54 Å². The lowest BCUT2D eigenvalue weighted by molar-refractivity contribution is 0.100. The SMILES string of the molecule is NC(=O)c1ccc(Cn2ccc3c(F)cccc32)cc1. The van der Waals surface area contributed by atoms with E-state index in [9.17, 15) is 9.18 Å². The Morgan fingerprint density at radius 2 is 1.85 bits per heavy atom. The molecule has 3 aromatic rings. The predicted molar refractivity (Wildman–Crippen MR) is 76.0 cm³/mol. The highest BCUT2D eigenvalue weighted by atomic mass is 19.1. The van der Waals surface area contributed by atoms with E-state index in [1.54, 1.807) is 24.3 Å². The van der Waals surface area contributed by atoms with Crippen LogP contribution in [0, 0.1) is 5.82 Å². The van der Waals surface area contributed by atoms with Crippen molar-refractivity contribution in [2.75, 3.05) is 0 Å². The van der Waals surface area contributed by atoms with E-state index in [4.69, 9.17) is 5.73 Å². The Bertz CT molecular complexity index is 775. The van der Waals surface area contributed by atoms with Crippen molar-refractivity contribution >= 4 is 16.8 Å². The molecule has 0 bridgehead atoms. The van der Waals surface area contributed by atoms with E-state index in [0.717, 1.165) is 11.1 Å². The number of primary amides is 1. The van der Waals surface area contributed by atoms with Gasteiger partial charge in [-0.05, 0) is 35.9 Å². The van der Waals surface area contributed by atoms with E-state index in [-0.39, 0.29) is 5.82 Å². The quantitative estimate of drug-likeness (QED) is 0.780. The molecule has 0 radical (unpaired) electrons. The Morgan fingerprint density at radius 1 is 1.10 bits per heavy atom. The molecule has 0 aliphatic rings. The number of carbonyl (C=O) groups excluding carboxylic acids is 1. The molecular formula is C16H13FN2O. The third kappa shape index (κ3) is 2.16. The van der Waals surface area contributed by atoms with Gasteiger partial charge in [0.1, 0.15) is 5.82 Å². The summed E-state index contributed by atoms with van der Waals surface area (Å²) in [5, 5.41) is 0.612. The maximum atomic E-state index is 13.6. The molecule has 1 heterocycles. The minimum absolute atomic E-state index is 0.217. The van der Waals surface area contributed by atoms with Crippen LogP contribution in [0.5, 0.6) is 0 Å². The van der Waals surface area contributed by atoms with Crippen LogP contribution in [0.2, 0.25) is 0 Å². The van der Waals surface area contributed by atoms with Crippen LogP contribution in [-0.4, -0.2) is 10.5 Å². The van der Waals surface area contributed by atoms with Gasteiger partial charge >= 0.3 is 0 Å². The zero-order valence-corrected chi connectivity index (χ0v) is 10.7. The number of benzene rings is 2. The van der Waals surface area contributed by atoms with E-state index in [0.29, 0.717) is 17.5 Å². The summed E-state index contributed by atoms with van der Waals surface area (Å²) < 4.78 is 15.6. The molecule has 0 saturated carbocycles. The molecule has 0 unspecified atom stereocenters. The van der Waals surface area contributed by atoms with Crippen LogP contribution in [-0.2, 0) is 6.54 Å². The zero-order chi connectivity index (χ0) is 14.1. The van der Waals surface area contributed by atoms with E-state index in [2.05, 4.69) is 0 Å². The summed E-state index contributed by atoms with van der Waals surface area (Å²) in [7, 11) is 0. The number of hydrogen-bond donors (Lipinski definition) is 1. The number of nitrogens with two attached hydrogens (primary N) is 1. The molecule has 100 valence electrons. The lowest BCUT2D eigenvalue weighted by atomic mass is 10.1. The van der Waals surface area contributed by atoms with Gasteiger partial charge in [-0.3, -0.25) is 4.79 Å². The molecule has 4 heteroatoms. The van der Waals surface area contributed by atoms with Crippen LogP contribution in [0.4, 0.5) is 4.39 Å². The molecule has 20 heavy (non-hydrogen) atoms. The molecule has 0 fully saturated rings. The summed E-state index contributed by atoms with van der Waals surface area (Å²) in [6.07, 6.45) is 1.86. The fourth-order valence-corrected chi connectivity index (χ4v) is 2.29. The molecule has 0 aliphatic heterocycles. The fraction of sp³-hybridized carbons (Fsp3) is 0.0625. The van der Waals surface area contributed by atoms with Crippen LogP contribution in [0.1, 0.15) is 15.9 Å². The average Bonchev–Trinajstić information content (AvgIpc) is 2.84. The highest BCUT2D eigenvalue weighted by Crippen LogP contribution is 2.20. The topological polar surface area (TPSA) is 48.0 Å². The largest absolute Gasteiger partial charge is 0.366 e. The standard InChI is InChI=1S/C16H13FN2O/c17-14-2-1-3-15-13(14)8-9-19(15)10-11-4-6-12(7-5-11)16(18)20/h1-9H,10H2,(H2,18,20). The molecule has 1 amide bonds. The lowest BCUT2D eigenvalue weighted by Crippen LogP contribution is -2.10. The van der Waals surface area contributed by atoms with Crippen molar-refractivity contribution in [3.63, 3.8) is 0 Å². The summed E-state index contributed by atoms with van der Waals surface area (Å²) in [5.74, 6) is -0.657. The molecule has 0 atom stereocenters. The number of fused-ring (bicyclic) bond motifs is 1. The second-order valence-corrected chi connectivity index (χ2v) is 4.68. The van der Waals surface area contributed by atoms with Gasteiger partial charge in [0.15, 0.2) is 0 Å². The van der Waals surface area contributed by atoms with E-state index >= 15 is 0 Å². The first-order chi connectivity index (χ1) is 9.65. The monoisotopic (exact) mass is 268 g/mol. The number of hydrogen-bond acceptors (Lipinski definition) is 1. The Kier molecular flexibility index (Phi) is 2.99. The number of aromatic nitrogens is 1. The maximum Gasteiger partial charge on any atom is 0.248 e. The second-order valence-electron chi connectivity index (χ2n) is 4.68. The molecule has 2 aromatic carbocycles. The molecule has 3 nitrogen and oxygen atoms in total. The number of carbonyl (C=O) groups is 1. The Labute approximate surface area is 115 Å². The fourth-order valence-electron chi connectivity index (χ4n) is 2.29. The van der Waals surface area contributed by atoms with E-state index in [1.165, 1.54) is 6.07 Å². The first-order valence-electron chi connectivity index (χ1n) is 6.27. The molecule has 0 spiro atoms. The highest BCUT2D eigenvalue weighted by Gasteiger charge is 2.06. The van der Waals surface area contributed by atoms with Crippen molar-refractivity contribution in [1.82, 2.24) is 4.57 Å². The van der Waals surface area contributed by atoms with Gasteiger partial charge in [0.2, 0.25) is 5.91 Å². The van der Waals surface area contributed by atoms with Crippen LogP contribution < -0.4 is 5.73 Å². The Morgan fingerprint density at radius 3 is 2.55 bits per heavy atom. The van der Waals surface area contributed by atoms with Gasteiger partial charge in [-0.1, -0.05) is 18.2 Å². The van der Waals surface area contributed by atoms with Gasteiger partial charge < -0.3 is 10.3 Å². The lowest BCUT2D eigenvalue weighted by Gasteiger charge is -2.06. The van der Waals surface area contributed by atoms with Crippen molar-refractivity contribution in [2.24, 2.45) is 5.73 Å². The maximum absolute atomic E-state index is 13.6. The van der Waals surface area contributed by atoms with Crippen LogP contribution in [0.25, 0.3) is 10.9 Å². The van der Waals surface area contributed by atoms with Crippen molar-refractivity contribution in [3.8, 4) is 0 Å². The van der Waals surface area contributed by atoms with Gasteiger partial charge in [0.25, 0.3) is 0 Å². The minimum Gasteiger partial charge on any atom is -0.366 e. The molecule has 0 saturated heterocycles. The number of halogens is 1. The van der Waals surface area contributed by atoms with Crippen LogP contribution in [0.15, 0.2) is 54.7 Å². The second kappa shape index (κ2) is 4.81. The molecule has 1 aromatic heterocycles. The summed E-state index contributed by atoms with van der Waals surface area (Å²) in [6, 6.07) is 13.9. The zero-order valence-electron chi connectivity index (χ0n) is 10.7. The number of rotatable bonds is 3. The molecule has 2 N–H and O–H groups in total. The molecular weight excluding hydrogens is 255 g/mol. The number of amides is 1. The van der Waals surface area contributed by atoms with Crippen LogP contribution >= 0.6 is 0 Å². The molecule has 3 rings (SSSR count). The third-order valence-corrected chi connectivity index (χ3v) is 3.35. The van der Waals surface area contributed by atoms with Crippen molar-refractivity contribution < 1.29 is 9.18 Å². The van der Waals surface area contributed by atoms with Gasteiger partial charge in [0, 0.05) is 23.7 Å². The van der Waals surface area contributed by atoms with E-state index < -0.39 is 5.91 Å². The summed E-state index contributed by atoms with van der Waals surface area (Å²) >= 11 is 0. The van der Waals surface area contributed by atoms with Gasteiger partial charge in [-0.25, -0.2) is 4.39 Å². The summed E-state index contributed by atoms with van der Waals surface area (Å²) in [6.45, 7) is 0.617. The van der Waals surface area contributed by atoms with Crippen LogP contribution in [0.3, 0.4) is 0 Å². The van der Waals surface area contributed by atoms with Gasteiger partial charge in [-0.15, -0.1) is 0 Å². The first-order valence-corrected chi connectivity index (χ1v) is 6.27. The first kappa shape index (κ1) is 12.4. The smallest absolute Gasteiger partial charge is 0.248 e. The molecule has 0 aliphatic carbocycles.